The summed E-state index contributed by atoms with van der Waals surface area (Å²) in [4.78, 5) is 18.6. The van der Waals surface area contributed by atoms with Crippen molar-refractivity contribution in [2.45, 2.75) is 13.8 Å². The number of nitrogens with one attached hydrogen (secondary N) is 1. The van der Waals surface area contributed by atoms with Crippen LogP contribution in [0.3, 0.4) is 0 Å². The minimum Gasteiger partial charge on any atom is -0.321 e. The Morgan fingerprint density at radius 3 is 2.87 bits per heavy atom. The highest BCUT2D eigenvalue weighted by Crippen LogP contribution is 2.25. The van der Waals surface area contributed by atoms with Crippen LogP contribution in [0, 0.1) is 13.8 Å². The summed E-state index contributed by atoms with van der Waals surface area (Å²) in [6.45, 7) is 3.94. The molecule has 4 nitrogen and oxygen atoms in total. The molecule has 0 bridgehead atoms. The molecule has 0 radical (unpaired) electrons. The highest BCUT2D eigenvalue weighted by Gasteiger charge is 2.09. The lowest BCUT2D eigenvalue weighted by Gasteiger charge is -2.04. The number of nitrogens with zero attached hydrogens (tertiary/aromatic N) is 2. The fraction of sp³-hybridized carbons (Fsp3) is 0.125. The fourth-order valence-corrected chi connectivity index (χ4v) is 3.54. The molecule has 7 heteroatoms. The van der Waals surface area contributed by atoms with E-state index in [0.717, 1.165) is 16.3 Å². The Hall–Kier alpha value is -1.82. The van der Waals surface area contributed by atoms with Crippen LogP contribution in [0.5, 0.6) is 0 Å². The van der Waals surface area contributed by atoms with Crippen LogP contribution in [0.25, 0.3) is 11.0 Å². The van der Waals surface area contributed by atoms with Gasteiger partial charge in [0.05, 0.1) is 22.1 Å². The van der Waals surface area contributed by atoms with Gasteiger partial charge in [0.15, 0.2) is 4.96 Å². The predicted octanol–water partition coefficient (Wildman–Crippen LogP) is 4.97. The summed E-state index contributed by atoms with van der Waals surface area (Å²) >= 11 is 13.5. The summed E-state index contributed by atoms with van der Waals surface area (Å²) in [6.07, 6.45) is 5.22. The number of benzene rings is 1. The number of amides is 1. The van der Waals surface area contributed by atoms with E-state index in [1.54, 1.807) is 35.6 Å². The minimum absolute atomic E-state index is 0.268. The van der Waals surface area contributed by atoms with Crippen LogP contribution >= 0.6 is 34.5 Å². The van der Waals surface area contributed by atoms with Gasteiger partial charge in [-0.15, -0.1) is 11.3 Å². The van der Waals surface area contributed by atoms with Gasteiger partial charge in [0, 0.05) is 22.2 Å². The van der Waals surface area contributed by atoms with Crippen LogP contribution in [0.1, 0.15) is 16.3 Å². The zero-order valence-corrected chi connectivity index (χ0v) is 14.8. The number of anilines is 1. The van der Waals surface area contributed by atoms with Crippen molar-refractivity contribution in [1.29, 1.82) is 0 Å². The minimum atomic E-state index is -0.268. The van der Waals surface area contributed by atoms with Crippen molar-refractivity contribution in [3.05, 3.63) is 56.8 Å². The zero-order chi connectivity index (χ0) is 16.6. The largest absolute Gasteiger partial charge is 0.321 e. The van der Waals surface area contributed by atoms with Gasteiger partial charge < -0.3 is 5.32 Å². The van der Waals surface area contributed by atoms with E-state index in [0.29, 0.717) is 15.7 Å². The molecule has 23 heavy (non-hydrogen) atoms. The van der Waals surface area contributed by atoms with Crippen LogP contribution in [0.15, 0.2) is 30.5 Å². The normalized spacial score (nSPS) is 11.5. The average Bonchev–Trinajstić information content (AvgIpc) is 2.95. The molecule has 0 saturated heterocycles. The molecule has 1 N–H and O–H groups in total. The number of hydrogen-bond acceptors (Lipinski definition) is 3. The summed E-state index contributed by atoms with van der Waals surface area (Å²) in [7, 11) is 0. The second-order valence-electron chi connectivity index (χ2n) is 5.02. The Morgan fingerprint density at radius 1 is 1.35 bits per heavy atom. The summed E-state index contributed by atoms with van der Waals surface area (Å²) in [6, 6.07) is 4.92. The Balaban J connectivity index is 1.81. The topological polar surface area (TPSA) is 46.4 Å². The molecule has 2 aromatic heterocycles. The molecular weight excluding hydrogens is 353 g/mol. The van der Waals surface area contributed by atoms with Gasteiger partial charge in [-0.05, 0) is 38.1 Å². The molecule has 0 atom stereocenters. The van der Waals surface area contributed by atoms with E-state index >= 15 is 0 Å². The van der Waals surface area contributed by atoms with E-state index in [-0.39, 0.29) is 5.91 Å². The average molecular weight is 366 g/mol. The molecule has 2 heterocycles. The summed E-state index contributed by atoms with van der Waals surface area (Å²) in [5.41, 5.74) is 2.29. The fourth-order valence-electron chi connectivity index (χ4n) is 2.20. The van der Waals surface area contributed by atoms with Crippen molar-refractivity contribution in [1.82, 2.24) is 9.38 Å². The lowest BCUT2D eigenvalue weighted by molar-refractivity contribution is -0.111. The molecule has 3 rings (SSSR count). The third-order valence-corrected chi connectivity index (χ3v) is 4.69. The van der Waals surface area contributed by atoms with Gasteiger partial charge >= 0.3 is 0 Å². The number of hydrogen-bond donors (Lipinski definition) is 1. The molecule has 118 valence electrons. The van der Waals surface area contributed by atoms with Gasteiger partial charge in [0.25, 0.3) is 0 Å². The number of rotatable bonds is 3. The molecular formula is C16H13Cl2N3OS. The standard InChI is InChI=1S/C16H13Cl2N3OS/c1-9-8-21-14(10(2)19-16(21)23-9)5-6-15(22)20-13-4-3-11(17)7-12(13)18/h3-8H,1-2H3,(H,20,22)/b6-5+. The summed E-state index contributed by atoms with van der Waals surface area (Å²) in [5, 5.41) is 3.65. The first-order valence-corrected chi connectivity index (χ1v) is 8.40. The Kier molecular flexibility index (Phi) is 4.43. The van der Waals surface area contributed by atoms with Gasteiger partial charge in [0.1, 0.15) is 0 Å². The van der Waals surface area contributed by atoms with E-state index in [1.165, 1.54) is 11.0 Å². The molecule has 0 unspecified atom stereocenters. The van der Waals surface area contributed by atoms with Crippen molar-refractivity contribution < 1.29 is 4.79 Å². The second kappa shape index (κ2) is 6.35. The number of halogens is 2. The van der Waals surface area contributed by atoms with E-state index in [9.17, 15) is 4.79 Å². The SMILES string of the molecule is Cc1cn2c(/C=C/C(=O)Nc3ccc(Cl)cc3Cl)c(C)nc2s1. The predicted molar refractivity (Wildman–Crippen MR) is 96.7 cm³/mol. The van der Waals surface area contributed by atoms with E-state index in [2.05, 4.69) is 10.3 Å². The van der Waals surface area contributed by atoms with Crippen LogP contribution in [-0.4, -0.2) is 15.3 Å². The van der Waals surface area contributed by atoms with E-state index < -0.39 is 0 Å². The molecule has 0 spiro atoms. The Labute approximate surface area is 147 Å². The first kappa shape index (κ1) is 16.1. The van der Waals surface area contributed by atoms with Crippen molar-refractivity contribution in [2.24, 2.45) is 0 Å². The first-order chi connectivity index (χ1) is 10.9. The maximum Gasteiger partial charge on any atom is 0.248 e. The number of carbonyl (C=O) groups is 1. The second-order valence-corrected chi connectivity index (χ2v) is 7.08. The lowest BCUT2D eigenvalue weighted by Crippen LogP contribution is -2.08. The Bertz CT molecular complexity index is 927. The summed E-state index contributed by atoms with van der Waals surface area (Å²) in [5.74, 6) is -0.268. The molecule has 3 aromatic rings. The number of imidazole rings is 1. The van der Waals surface area contributed by atoms with E-state index in [1.807, 2.05) is 24.4 Å². The van der Waals surface area contributed by atoms with Crippen LogP contribution < -0.4 is 5.32 Å². The van der Waals surface area contributed by atoms with Crippen molar-refractivity contribution >= 4 is 57.2 Å². The maximum atomic E-state index is 12.1. The van der Waals surface area contributed by atoms with Gasteiger partial charge in [-0.2, -0.15) is 0 Å². The number of fused-ring (bicyclic) bond motifs is 1. The molecule has 1 aromatic carbocycles. The van der Waals surface area contributed by atoms with Gasteiger partial charge in [-0.25, -0.2) is 4.98 Å². The van der Waals surface area contributed by atoms with E-state index in [4.69, 9.17) is 23.2 Å². The monoisotopic (exact) mass is 365 g/mol. The molecule has 0 aliphatic heterocycles. The molecule has 0 aliphatic rings. The van der Waals surface area contributed by atoms with Crippen molar-refractivity contribution in [3.63, 3.8) is 0 Å². The molecule has 0 fully saturated rings. The number of thiazole rings is 1. The highest BCUT2D eigenvalue weighted by molar-refractivity contribution is 7.17. The van der Waals surface area contributed by atoms with Crippen molar-refractivity contribution in [3.8, 4) is 0 Å². The Morgan fingerprint density at radius 2 is 2.13 bits per heavy atom. The number of aromatic nitrogens is 2. The lowest BCUT2D eigenvalue weighted by atomic mass is 10.3. The maximum absolute atomic E-state index is 12.1. The molecule has 1 amide bonds. The quantitative estimate of drug-likeness (QED) is 0.665. The number of aryl methyl sites for hydroxylation is 2. The zero-order valence-electron chi connectivity index (χ0n) is 12.4. The molecule has 0 saturated carbocycles. The van der Waals surface area contributed by atoms with Crippen LogP contribution in [0.2, 0.25) is 10.0 Å². The van der Waals surface area contributed by atoms with Crippen molar-refractivity contribution in [2.75, 3.05) is 5.32 Å². The van der Waals surface area contributed by atoms with Crippen LogP contribution in [-0.2, 0) is 4.79 Å². The summed E-state index contributed by atoms with van der Waals surface area (Å²) < 4.78 is 1.98. The van der Waals surface area contributed by atoms with Gasteiger partial charge in [-0.1, -0.05) is 23.2 Å². The highest BCUT2D eigenvalue weighted by atomic mass is 35.5. The van der Waals surface area contributed by atoms with Gasteiger partial charge in [-0.3, -0.25) is 9.20 Å². The third kappa shape index (κ3) is 3.42. The third-order valence-electron chi connectivity index (χ3n) is 3.24. The smallest absolute Gasteiger partial charge is 0.248 e. The van der Waals surface area contributed by atoms with Gasteiger partial charge in [0.2, 0.25) is 5.91 Å². The first-order valence-electron chi connectivity index (χ1n) is 6.83. The molecule has 0 aliphatic carbocycles. The number of carbonyl (C=O) groups excluding carboxylic acids is 1. The van der Waals surface area contributed by atoms with Crippen LogP contribution in [0.4, 0.5) is 5.69 Å².